The summed E-state index contributed by atoms with van der Waals surface area (Å²) < 4.78 is 0. The second kappa shape index (κ2) is 10.6. The summed E-state index contributed by atoms with van der Waals surface area (Å²) in [7, 11) is 0. The third-order valence-electron chi connectivity index (χ3n) is 8.52. The molecule has 0 unspecified atom stereocenters. The Morgan fingerprint density at radius 2 is 1.07 bits per heavy atom. The zero-order valence-electron chi connectivity index (χ0n) is 24.5. The summed E-state index contributed by atoms with van der Waals surface area (Å²) in [5.74, 6) is 0. The molecule has 0 radical (unpaired) electrons. The van der Waals surface area contributed by atoms with E-state index in [9.17, 15) is 0 Å². The number of pyridine rings is 4. The summed E-state index contributed by atoms with van der Waals surface area (Å²) in [6.45, 7) is 0. The lowest BCUT2D eigenvalue weighted by Crippen LogP contribution is -1.91. The lowest BCUT2D eigenvalue weighted by molar-refractivity contribution is 1.19. The summed E-state index contributed by atoms with van der Waals surface area (Å²) in [6, 6.07) is 40.1. The van der Waals surface area contributed by atoms with E-state index in [1.165, 1.54) is 0 Å². The lowest BCUT2D eigenvalue weighted by Gasteiger charge is -2.10. The standard InChI is InChI=1S/C40H24N6/c1-2-29-11-14-33-32(17-19-44-40(33)39(29)43-18-1)26-5-3-25(4-6-26)30-9-7-27-12-15-34(45-36(27)22-30)31-10-8-28-13-16-35(46-37(28)23-31)38-24-41-20-21-42-38/h1-24H. The minimum Gasteiger partial charge on any atom is -0.261 e. The van der Waals surface area contributed by atoms with Crippen molar-refractivity contribution in [2.45, 2.75) is 0 Å². The smallest absolute Gasteiger partial charge is 0.107 e. The van der Waals surface area contributed by atoms with Gasteiger partial charge in [-0.2, -0.15) is 0 Å². The molecular weight excluding hydrogens is 564 g/mol. The Hall–Kier alpha value is -6.40. The minimum atomic E-state index is 0.749. The molecule has 46 heavy (non-hydrogen) atoms. The average Bonchev–Trinajstić information content (AvgIpc) is 3.14. The van der Waals surface area contributed by atoms with Crippen molar-refractivity contribution in [2.24, 2.45) is 0 Å². The second-order valence-corrected chi connectivity index (χ2v) is 11.3. The van der Waals surface area contributed by atoms with Gasteiger partial charge < -0.3 is 0 Å². The van der Waals surface area contributed by atoms with Crippen LogP contribution in [0.5, 0.6) is 0 Å². The van der Waals surface area contributed by atoms with E-state index in [4.69, 9.17) is 9.97 Å². The molecule has 5 heterocycles. The van der Waals surface area contributed by atoms with E-state index >= 15 is 0 Å². The van der Waals surface area contributed by atoms with Crippen LogP contribution < -0.4 is 0 Å². The molecule has 0 saturated heterocycles. The normalized spacial score (nSPS) is 11.5. The van der Waals surface area contributed by atoms with Gasteiger partial charge in [0.05, 0.1) is 39.7 Å². The van der Waals surface area contributed by atoms with Crippen LogP contribution in [0.25, 0.3) is 88.5 Å². The van der Waals surface area contributed by atoms with E-state index in [-0.39, 0.29) is 0 Å². The second-order valence-electron chi connectivity index (χ2n) is 11.3. The zero-order chi connectivity index (χ0) is 30.5. The fourth-order valence-corrected chi connectivity index (χ4v) is 6.16. The first-order chi connectivity index (χ1) is 22.8. The number of rotatable bonds is 4. The average molecular weight is 589 g/mol. The predicted molar refractivity (Wildman–Crippen MR) is 185 cm³/mol. The van der Waals surface area contributed by atoms with Crippen molar-refractivity contribution in [1.82, 2.24) is 29.9 Å². The number of fused-ring (bicyclic) bond motifs is 5. The highest BCUT2D eigenvalue weighted by atomic mass is 14.8. The Kier molecular flexibility index (Phi) is 6.03. The van der Waals surface area contributed by atoms with Gasteiger partial charge >= 0.3 is 0 Å². The molecule has 0 spiro atoms. The zero-order valence-corrected chi connectivity index (χ0v) is 24.5. The molecular formula is C40H24N6. The largest absolute Gasteiger partial charge is 0.261 e. The van der Waals surface area contributed by atoms with Gasteiger partial charge in [0.15, 0.2) is 0 Å². The number of benzene rings is 4. The molecule has 9 rings (SSSR count). The first-order valence-corrected chi connectivity index (χ1v) is 15.1. The molecule has 9 aromatic rings. The minimum absolute atomic E-state index is 0.749. The number of hydrogen-bond acceptors (Lipinski definition) is 6. The monoisotopic (exact) mass is 588 g/mol. The summed E-state index contributed by atoms with van der Waals surface area (Å²) in [5, 5.41) is 4.34. The highest BCUT2D eigenvalue weighted by Crippen LogP contribution is 2.33. The molecule has 0 aliphatic rings. The van der Waals surface area contributed by atoms with E-state index in [1.54, 1.807) is 18.6 Å². The van der Waals surface area contributed by atoms with Crippen molar-refractivity contribution in [3.8, 4) is 44.9 Å². The maximum absolute atomic E-state index is 5.08. The lowest BCUT2D eigenvalue weighted by atomic mass is 9.97. The van der Waals surface area contributed by atoms with Crippen molar-refractivity contribution in [3.63, 3.8) is 0 Å². The van der Waals surface area contributed by atoms with Crippen LogP contribution in [0.1, 0.15) is 0 Å². The van der Waals surface area contributed by atoms with Gasteiger partial charge in [0.2, 0.25) is 0 Å². The summed E-state index contributed by atoms with van der Waals surface area (Å²) in [6.07, 6.45) is 8.77. The topological polar surface area (TPSA) is 77.3 Å². The van der Waals surface area contributed by atoms with Crippen LogP contribution in [0.2, 0.25) is 0 Å². The quantitative estimate of drug-likeness (QED) is 0.191. The highest BCUT2D eigenvalue weighted by Gasteiger charge is 2.11. The van der Waals surface area contributed by atoms with E-state index < -0.39 is 0 Å². The van der Waals surface area contributed by atoms with Gasteiger partial charge in [-0.3, -0.25) is 19.9 Å². The number of hydrogen-bond donors (Lipinski definition) is 0. The van der Waals surface area contributed by atoms with Gasteiger partial charge in [0, 0.05) is 51.9 Å². The summed E-state index contributed by atoms with van der Waals surface area (Å²) >= 11 is 0. The molecule has 6 heteroatoms. The molecule has 0 N–H and O–H groups in total. The van der Waals surface area contributed by atoms with Gasteiger partial charge in [-0.05, 0) is 58.7 Å². The van der Waals surface area contributed by atoms with Crippen LogP contribution in [0.15, 0.2) is 146 Å². The Morgan fingerprint density at radius 1 is 0.391 bits per heavy atom. The fourth-order valence-electron chi connectivity index (χ4n) is 6.16. The predicted octanol–water partition coefficient (Wildman–Crippen LogP) is 9.34. The van der Waals surface area contributed by atoms with Crippen molar-refractivity contribution in [1.29, 1.82) is 0 Å². The van der Waals surface area contributed by atoms with Crippen LogP contribution in [0.4, 0.5) is 0 Å². The van der Waals surface area contributed by atoms with Gasteiger partial charge in [-0.1, -0.05) is 78.9 Å². The molecule has 5 aromatic heterocycles. The molecule has 214 valence electrons. The Labute approximate surface area is 264 Å². The van der Waals surface area contributed by atoms with Gasteiger partial charge in [0.1, 0.15) is 5.69 Å². The summed E-state index contributed by atoms with van der Waals surface area (Å²) in [4.78, 5) is 27.8. The molecule has 0 aliphatic heterocycles. The van der Waals surface area contributed by atoms with Crippen LogP contribution in [-0.2, 0) is 0 Å². The Morgan fingerprint density at radius 3 is 1.89 bits per heavy atom. The molecule has 0 fully saturated rings. The van der Waals surface area contributed by atoms with E-state index in [0.29, 0.717) is 0 Å². The van der Waals surface area contributed by atoms with Crippen molar-refractivity contribution in [2.75, 3.05) is 0 Å². The molecule has 0 bridgehead atoms. The van der Waals surface area contributed by atoms with Crippen LogP contribution >= 0.6 is 0 Å². The molecule has 6 nitrogen and oxygen atoms in total. The third-order valence-corrected chi connectivity index (χ3v) is 8.52. The maximum Gasteiger partial charge on any atom is 0.107 e. The first kappa shape index (κ1) is 26.0. The first-order valence-electron chi connectivity index (χ1n) is 15.1. The number of aromatic nitrogens is 6. The SMILES string of the molecule is c1cnc2c(c1)ccc1c(-c3ccc(-c4ccc5ccc(-c6ccc7ccc(-c8cnccn8)nc7c6)nc5c4)cc3)ccnc12. The molecule has 0 atom stereocenters. The maximum atomic E-state index is 5.08. The molecule has 0 aliphatic carbocycles. The molecule has 4 aromatic carbocycles. The third kappa shape index (κ3) is 4.52. The van der Waals surface area contributed by atoms with Gasteiger partial charge in [-0.15, -0.1) is 0 Å². The fraction of sp³-hybridized carbons (Fsp3) is 0. The Balaban J connectivity index is 1.05. The van der Waals surface area contributed by atoms with E-state index in [2.05, 4.69) is 123 Å². The van der Waals surface area contributed by atoms with Gasteiger partial charge in [0.25, 0.3) is 0 Å². The van der Waals surface area contributed by atoms with Crippen molar-refractivity contribution < 1.29 is 0 Å². The van der Waals surface area contributed by atoms with Crippen LogP contribution in [0, 0.1) is 0 Å². The summed E-state index contributed by atoms with van der Waals surface area (Å²) in [5.41, 5.74) is 11.7. The van der Waals surface area contributed by atoms with Crippen LogP contribution in [0.3, 0.4) is 0 Å². The Bertz CT molecular complexity index is 2580. The van der Waals surface area contributed by atoms with E-state index in [0.717, 1.165) is 88.5 Å². The van der Waals surface area contributed by atoms with Gasteiger partial charge in [-0.25, -0.2) is 9.97 Å². The number of nitrogens with zero attached hydrogens (tertiary/aromatic N) is 6. The van der Waals surface area contributed by atoms with Crippen molar-refractivity contribution >= 4 is 43.6 Å². The van der Waals surface area contributed by atoms with Crippen LogP contribution in [-0.4, -0.2) is 29.9 Å². The highest BCUT2D eigenvalue weighted by molar-refractivity contribution is 6.08. The van der Waals surface area contributed by atoms with Crippen molar-refractivity contribution in [3.05, 3.63) is 146 Å². The van der Waals surface area contributed by atoms with E-state index in [1.807, 2.05) is 24.5 Å². The molecule has 0 saturated carbocycles. The molecule has 0 amide bonds.